The van der Waals surface area contributed by atoms with E-state index in [0.717, 1.165) is 19.3 Å². The van der Waals surface area contributed by atoms with Crippen LogP contribution in [-0.4, -0.2) is 11.5 Å². The van der Waals surface area contributed by atoms with Crippen molar-refractivity contribution < 1.29 is 4.79 Å². The molecule has 0 saturated carbocycles. The minimum absolute atomic E-state index is 0.216. The Bertz CT molecular complexity index is 880. The highest BCUT2D eigenvalue weighted by molar-refractivity contribution is 6.51. The van der Waals surface area contributed by atoms with Crippen LogP contribution in [0.5, 0.6) is 0 Å². The van der Waals surface area contributed by atoms with Crippen LogP contribution in [0.2, 0.25) is 10.0 Å². The number of hydrogen-bond acceptors (Lipinski definition) is 4. The van der Waals surface area contributed by atoms with E-state index < -0.39 is 5.78 Å². The van der Waals surface area contributed by atoms with E-state index >= 15 is 0 Å². The molecule has 6 heteroatoms. The van der Waals surface area contributed by atoms with Gasteiger partial charge in [-0.15, -0.1) is 0 Å². The fraction of sp³-hybridized carbons (Fsp3) is 0.211. The van der Waals surface area contributed by atoms with Gasteiger partial charge in [-0.1, -0.05) is 35.3 Å². The van der Waals surface area contributed by atoms with Gasteiger partial charge in [0, 0.05) is 15.6 Å². The number of nitrogens with one attached hydrogen (secondary N) is 1. The quantitative estimate of drug-likeness (QED) is 0.464. The van der Waals surface area contributed by atoms with Crippen molar-refractivity contribution in [1.29, 1.82) is 5.26 Å². The maximum absolute atomic E-state index is 12.6. The van der Waals surface area contributed by atoms with Gasteiger partial charge < -0.3 is 0 Å². The lowest BCUT2D eigenvalue weighted by Gasteiger charge is -2.16. The van der Waals surface area contributed by atoms with E-state index in [0.29, 0.717) is 21.3 Å². The number of Topliss-reactive ketones (excluding diaryl/α,β-unsaturated/α-hetero) is 1. The van der Waals surface area contributed by atoms with Gasteiger partial charge in [-0.25, -0.2) is 0 Å². The summed E-state index contributed by atoms with van der Waals surface area (Å²) in [5.41, 5.74) is 5.90. The lowest BCUT2D eigenvalue weighted by Crippen LogP contribution is -2.15. The molecule has 0 atom stereocenters. The number of nitriles is 1. The normalized spacial score (nSPS) is 13.7. The Morgan fingerprint density at radius 2 is 1.72 bits per heavy atom. The highest BCUT2D eigenvalue weighted by Gasteiger charge is 2.17. The summed E-state index contributed by atoms with van der Waals surface area (Å²) in [6.07, 6.45) is 4.31. The Morgan fingerprint density at radius 1 is 1.04 bits per heavy atom. The highest BCUT2D eigenvalue weighted by atomic mass is 35.5. The Labute approximate surface area is 156 Å². The second kappa shape index (κ2) is 7.69. The number of nitrogens with zero attached hydrogens (tertiary/aromatic N) is 2. The molecular formula is C19H15Cl2N3O. The molecule has 2 aromatic carbocycles. The predicted molar refractivity (Wildman–Crippen MR) is 101 cm³/mol. The van der Waals surface area contributed by atoms with Crippen LogP contribution in [0.25, 0.3) is 0 Å². The summed E-state index contributed by atoms with van der Waals surface area (Å²) in [6.45, 7) is 0. The molecule has 0 aliphatic heterocycles. The number of halogens is 2. The van der Waals surface area contributed by atoms with Gasteiger partial charge in [-0.3, -0.25) is 10.2 Å². The Balaban J connectivity index is 1.82. The van der Waals surface area contributed by atoms with Gasteiger partial charge in [0.05, 0.1) is 5.69 Å². The first-order valence-electron chi connectivity index (χ1n) is 7.93. The molecule has 1 N–H and O–H groups in total. The Morgan fingerprint density at radius 3 is 2.40 bits per heavy atom. The van der Waals surface area contributed by atoms with Crippen LogP contribution in [0.4, 0.5) is 5.69 Å². The minimum Gasteiger partial charge on any atom is -0.286 e. The van der Waals surface area contributed by atoms with Gasteiger partial charge in [0.25, 0.3) is 0 Å². The average molecular weight is 372 g/mol. The van der Waals surface area contributed by atoms with E-state index in [2.05, 4.69) is 10.5 Å². The second-order valence-electron chi connectivity index (χ2n) is 5.86. The van der Waals surface area contributed by atoms with Crippen LogP contribution in [0.15, 0.2) is 41.5 Å². The maximum atomic E-state index is 12.6. The number of fused-ring (bicyclic) bond motifs is 1. The molecule has 1 aliphatic rings. The third kappa shape index (κ3) is 4.19. The van der Waals surface area contributed by atoms with Gasteiger partial charge in [-0.05, 0) is 61.1 Å². The van der Waals surface area contributed by atoms with Crippen molar-refractivity contribution >= 4 is 40.4 Å². The molecule has 3 rings (SSSR count). The van der Waals surface area contributed by atoms with Crippen LogP contribution in [0.1, 0.15) is 34.3 Å². The molecule has 0 spiro atoms. The fourth-order valence-electron chi connectivity index (χ4n) is 2.88. The molecule has 126 valence electrons. The number of benzene rings is 2. The minimum atomic E-state index is -0.406. The third-order valence-electron chi connectivity index (χ3n) is 4.09. The second-order valence-corrected chi connectivity index (χ2v) is 6.73. The molecule has 2 aromatic rings. The van der Waals surface area contributed by atoms with Gasteiger partial charge in [0.2, 0.25) is 11.5 Å². The summed E-state index contributed by atoms with van der Waals surface area (Å²) in [5, 5.41) is 14.1. The number of carbonyl (C=O) groups excluding carboxylic acids is 1. The molecular weight excluding hydrogens is 357 g/mol. The first-order chi connectivity index (χ1) is 12.1. The number of hydrogen-bond donors (Lipinski definition) is 1. The van der Waals surface area contributed by atoms with E-state index in [4.69, 9.17) is 23.2 Å². The zero-order chi connectivity index (χ0) is 17.8. The third-order valence-corrected chi connectivity index (χ3v) is 4.53. The van der Waals surface area contributed by atoms with Crippen LogP contribution in [0.3, 0.4) is 0 Å². The summed E-state index contributed by atoms with van der Waals surface area (Å²) in [6, 6.07) is 12.3. The molecule has 25 heavy (non-hydrogen) atoms. The number of ketones is 1. The van der Waals surface area contributed by atoms with Crippen molar-refractivity contribution in [2.24, 2.45) is 5.10 Å². The Hall–Kier alpha value is -2.35. The lowest BCUT2D eigenvalue weighted by molar-refractivity contribution is 0.106. The summed E-state index contributed by atoms with van der Waals surface area (Å²) in [5.74, 6) is -0.406. The molecule has 0 fully saturated rings. The average Bonchev–Trinajstić information content (AvgIpc) is 2.61. The van der Waals surface area contributed by atoms with Crippen LogP contribution < -0.4 is 5.43 Å². The smallest absolute Gasteiger partial charge is 0.223 e. The van der Waals surface area contributed by atoms with Crippen LogP contribution >= 0.6 is 23.2 Å². The molecule has 0 saturated heterocycles. The number of carbonyl (C=O) groups is 1. The first kappa shape index (κ1) is 17.5. The summed E-state index contributed by atoms with van der Waals surface area (Å²) in [7, 11) is 0. The van der Waals surface area contributed by atoms with Crippen molar-refractivity contribution in [3.8, 4) is 6.07 Å². The standard InChI is InChI=1S/C19H15Cl2N3O/c20-15-8-16(21)10-17(9-15)23-24-18(11-22)19(25)14-6-5-12-3-1-2-4-13(12)7-14/h5-10,23H,1-4H2/b24-18+. The highest BCUT2D eigenvalue weighted by Crippen LogP contribution is 2.24. The molecule has 4 nitrogen and oxygen atoms in total. The van der Waals surface area contributed by atoms with E-state index in [-0.39, 0.29) is 5.71 Å². The zero-order valence-corrected chi connectivity index (χ0v) is 14.9. The van der Waals surface area contributed by atoms with Crippen molar-refractivity contribution in [3.05, 3.63) is 63.1 Å². The van der Waals surface area contributed by atoms with Gasteiger partial charge in [0.15, 0.2) is 0 Å². The van der Waals surface area contributed by atoms with Gasteiger partial charge in [0.1, 0.15) is 6.07 Å². The van der Waals surface area contributed by atoms with E-state index in [1.807, 2.05) is 18.2 Å². The van der Waals surface area contributed by atoms with E-state index in [1.165, 1.54) is 17.5 Å². The van der Waals surface area contributed by atoms with Crippen molar-refractivity contribution in [1.82, 2.24) is 0 Å². The molecule has 0 bridgehead atoms. The van der Waals surface area contributed by atoms with Gasteiger partial charge >= 0.3 is 0 Å². The first-order valence-corrected chi connectivity index (χ1v) is 8.69. The van der Waals surface area contributed by atoms with Gasteiger partial charge in [-0.2, -0.15) is 10.4 Å². The topological polar surface area (TPSA) is 65.2 Å². The largest absolute Gasteiger partial charge is 0.286 e. The number of anilines is 1. The fourth-order valence-corrected chi connectivity index (χ4v) is 3.40. The van der Waals surface area contributed by atoms with Crippen molar-refractivity contribution in [2.45, 2.75) is 25.7 Å². The number of hydrazone groups is 1. The molecule has 0 aromatic heterocycles. The monoisotopic (exact) mass is 371 g/mol. The zero-order valence-electron chi connectivity index (χ0n) is 13.4. The van der Waals surface area contributed by atoms with E-state index in [1.54, 1.807) is 24.3 Å². The van der Waals surface area contributed by atoms with E-state index in [9.17, 15) is 10.1 Å². The van der Waals surface area contributed by atoms with Crippen molar-refractivity contribution in [3.63, 3.8) is 0 Å². The summed E-state index contributed by atoms with van der Waals surface area (Å²) in [4.78, 5) is 12.6. The SMILES string of the molecule is N#C/C(=N\Nc1cc(Cl)cc(Cl)c1)C(=O)c1ccc2c(c1)CCCC2. The maximum Gasteiger partial charge on any atom is 0.223 e. The number of aryl methyl sites for hydroxylation is 2. The Kier molecular flexibility index (Phi) is 5.37. The predicted octanol–water partition coefficient (Wildman–Crippen LogP) is 5.05. The molecule has 0 radical (unpaired) electrons. The van der Waals surface area contributed by atoms with Crippen LogP contribution in [-0.2, 0) is 12.8 Å². The summed E-state index contributed by atoms with van der Waals surface area (Å²) >= 11 is 11.8. The molecule has 0 unspecified atom stereocenters. The number of rotatable bonds is 4. The molecule has 1 aliphatic carbocycles. The summed E-state index contributed by atoms with van der Waals surface area (Å²) < 4.78 is 0. The lowest BCUT2D eigenvalue weighted by atomic mass is 9.89. The van der Waals surface area contributed by atoms with Crippen LogP contribution in [0, 0.1) is 11.3 Å². The van der Waals surface area contributed by atoms with Crippen molar-refractivity contribution in [2.75, 3.05) is 5.43 Å². The molecule has 0 heterocycles. The molecule has 0 amide bonds.